The number of carbonyl (C=O) groups is 1. The standard InChI is InChI=1S/C13H24O.CH2O2/c1-6-9-13(4,5)10-11-14-12(7-2)8-3;2-1-3/h7-8H,2,6,9-11H2,1,3-5H3;1H,(H,2,3)/b12-8-;. The van der Waals surface area contributed by atoms with Crippen LogP contribution < -0.4 is 0 Å². The Kier molecular flexibility index (Phi) is 12.0. The first-order valence-corrected chi connectivity index (χ1v) is 5.96. The lowest BCUT2D eigenvalue weighted by molar-refractivity contribution is -0.122. The molecule has 0 radical (unpaired) electrons. The summed E-state index contributed by atoms with van der Waals surface area (Å²) in [6.07, 6.45) is 7.30. The van der Waals surface area contributed by atoms with Gasteiger partial charge in [-0.2, -0.15) is 0 Å². The molecule has 0 fully saturated rings. The van der Waals surface area contributed by atoms with E-state index in [2.05, 4.69) is 27.4 Å². The molecule has 0 aliphatic heterocycles. The van der Waals surface area contributed by atoms with Crippen LogP contribution in [-0.2, 0) is 9.53 Å². The maximum absolute atomic E-state index is 8.36. The Morgan fingerprint density at radius 2 is 1.94 bits per heavy atom. The molecule has 0 aromatic rings. The van der Waals surface area contributed by atoms with E-state index in [0.717, 1.165) is 18.8 Å². The highest BCUT2D eigenvalue weighted by Gasteiger charge is 2.16. The van der Waals surface area contributed by atoms with Crippen LogP contribution in [0.3, 0.4) is 0 Å². The zero-order valence-corrected chi connectivity index (χ0v) is 11.5. The van der Waals surface area contributed by atoms with Gasteiger partial charge in [-0.05, 0) is 37.3 Å². The highest BCUT2D eigenvalue weighted by molar-refractivity contribution is 5.32. The molecule has 0 aliphatic rings. The molecule has 3 nitrogen and oxygen atoms in total. The molecule has 0 unspecified atom stereocenters. The van der Waals surface area contributed by atoms with Gasteiger partial charge in [0.15, 0.2) is 0 Å². The molecule has 0 heterocycles. The van der Waals surface area contributed by atoms with Crippen molar-refractivity contribution in [2.24, 2.45) is 5.41 Å². The van der Waals surface area contributed by atoms with Gasteiger partial charge in [0.25, 0.3) is 6.47 Å². The Labute approximate surface area is 105 Å². The van der Waals surface area contributed by atoms with Gasteiger partial charge in [-0.3, -0.25) is 4.79 Å². The number of hydrogen-bond acceptors (Lipinski definition) is 2. The summed E-state index contributed by atoms with van der Waals surface area (Å²) in [5.41, 5.74) is 0.398. The van der Waals surface area contributed by atoms with Crippen molar-refractivity contribution >= 4 is 6.47 Å². The monoisotopic (exact) mass is 242 g/mol. The zero-order chi connectivity index (χ0) is 13.7. The third-order valence-corrected chi connectivity index (χ3v) is 2.46. The van der Waals surface area contributed by atoms with Gasteiger partial charge in [-0.25, -0.2) is 0 Å². The van der Waals surface area contributed by atoms with E-state index < -0.39 is 0 Å². The van der Waals surface area contributed by atoms with E-state index in [4.69, 9.17) is 14.6 Å². The van der Waals surface area contributed by atoms with Crippen molar-refractivity contribution < 1.29 is 14.6 Å². The normalized spacial score (nSPS) is 11.2. The molecule has 1 N–H and O–H groups in total. The van der Waals surface area contributed by atoms with Crippen LogP contribution in [0.15, 0.2) is 24.5 Å². The van der Waals surface area contributed by atoms with Crippen molar-refractivity contribution in [1.29, 1.82) is 0 Å². The van der Waals surface area contributed by atoms with Gasteiger partial charge in [-0.1, -0.05) is 33.8 Å². The summed E-state index contributed by atoms with van der Waals surface area (Å²) in [6, 6.07) is 0. The molecule has 0 bridgehead atoms. The Morgan fingerprint density at radius 3 is 2.29 bits per heavy atom. The van der Waals surface area contributed by atoms with Crippen molar-refractivity contribution in [2.45, 2.75) is 47.0 Å². The topological polar surface area (TPSA) is 46.5 Å². The molecule has 17 heavy (non-hydrogen) atoms. The third kappa shape index (κ3) is 12.7. The second-order valence-corrected chi connectivity index (χ2v) is 4.51. The average molecular weight is 242 g/mol. The predicted octanol–water partition coefficient (Wildman–Crippen LogP) is 4.01. The van der Waals surface area contributed by atoms with Crippen molar-refractivity contribution in [3.05, 3.63) is 24.5 Å². The molecule has 3 heteroatoms. The summed E-state index contributed by atoms with van der Waals surface area (Å²) in [7, 11) is 0. The molecule has 0 aromatic heterocycles. The van der Waals surface area contributed by atoms with E-state index in [0.29, 0.717) is 5.41 Å². The number of hydrogen-bond donors (Lipinski definition) is 1. The van der Waals surface area contributed by atoms with E-state index in [1.54, 1.807) is 6.08 Å². The van der Waals surface area contributed by atoms with Crippen LogP contribution in [0.2, 0.25) is 0 Å². The molecular formula is C14H26O3. The molecule has 0 saturated carbocycles. The molecule has 100 valence electrons. The molecule has 0 amide bonds. The van der Waals surface area contributed by atoms with Gasteiger partial charge in [0.2, 0.25) is 0 Å². The van der Waals surface area contributed by atoms with Gasteiger partial charge < -0.3 is 9.84 Å². The summed E-state index contributed by atoms with van der Waals surface area (Å²) in [4.78, 5) is 8.36. The fraction of sp³-hybridized carbons (Fsp3) is 0.643. The number of carboxylic acid groups (broad SMARTS) is 1. The van der Waals surface area contributed by atoms with Crippen LogP contribution in [0.5, 0.6) is 0 Å². The first-order valence-electron chi connectivity index (χ1n) is 5.96. The Bertz CT molecular complexity index is 230. The van der Waals surface area contributed by atoms with E-state index in [1.165, 1.54) is 12.8 Å². The number of allylic oxidation sites excluding steroid dienone is 2. The fourth-order valence-corrected chi connectivity index (χ4v) is 1.51. The molecule has 0 atom stereocenters. The highest BCUT2D eigenvalue weighted by Crippen LogP contribution is 2.26. The minimum absolute atomic E-state index is 0.250. The lowest BCUT2D eigenvalue weighted by Crippen LogP contribution is -2.13. The summed E-state index contributed by atoms with van der Waals surface area (Å²) >= 11 is 0. The van der Waals surface area contributed by atoms with Gasteiger partial charge in [0, 0.05) is 0 Å². The Hall–Kier alpha value is -1.25. The van der Waals surface area contributed by atoms with Crippen LogP contribution in [-0.4, -0.2) is 18.2 Å². The van der Waals surface area contributed by atoms with Crippen molar-refractivity contribution in [1.82, 2.24) is 0 Å². The minimum Gasteiger partial charge on any atom is -0.494 e. The van der Waals surface area contributed by atoms with Crippen molar-refractivity contribution in [2.75, 3.05) is 6.61 Å². The second kappa shape index (κ2) is 11.2. The maximum atomic E-state index is 8.36. The van der Waals surface area contributed by atoms with Gasteiger partial charge in [0.05, 0.1) is 6.61 Å². The summed E-state index contributed by atoms with van der Waals surface area (Å²) < 4.78 is 5.57. The second-order valence-electron chi connectivity index (χ2n) is 4.51. The summed E-state index contributed by atoms with van der Waals surface area (Å²) in [6.45, 7) is 13.0. The molecular weight excluding hydrogens is 216 g/mol. The summed E-state index contributed by atoms with van der Waals surface area (Å²) in [5, 5.41) is 6.89. The van der Waals surface area contributed by atoms with Gasteiger partial charge in [0.1, 0.15) is 5.76 Å². The van der Waals surface area contributed by atoms with Crippen LogP contribution in [0.25, 0.3) is 0 Å². The van der Waals surface area contributed by atoms with Gasteiger partial charge in [-0.15, -0.1) is 0 Å². The van der Waals surface area contributed by atoms with Crippen LogP contribution in [0, 0.1) is 5.41 Å². The molecule has 0 aromatic carbocycles. The number of ether oxygens (including phenoxy) is 1. The van der Waals surface area contributed by atoms with Crippen LogP contribution >= 0.6 is 0 Å². The number of rotatable bonds is 7. The SMILES string of the molecule is C=C/C(=C/C)OCCC(C)(C)CCC.O=CO. The largest absolute Gasteiger partial charge is 0.494 e. The van der Waals surface area contributed by atoms with Crippen LogP contribution in [0.1, 0.15) is 47.0 Å². The van der Waals surface area contributed by atoms with Crippen LogP contribution in [0.4, 0.5) is 0 Å². The first-order chi connectivity index (χ1) is 7.97. The van der Waals surface area contributed by atoms with E-state index >= 15 is 0 Å². The van der Waals surface area contributed by atoms with E-state index in [1.807, 2.05) is 13.0 Å². The fourth-order valence-electron chi connectivity index (χ4n) is 1.51. The summed E-state index contributed by atoms with van der Waals surface area (Å²) in [5.74, 6) is 0.886. The highest BCUT2D eigenvalue weighted by atomic mass is 16.5. The molecule has 0 rings (SSSR count). The van der Waals surface area contributed by atoms with E-state index in [-0.39, 0.29) is 6.47 Å². The predicted molar refractivity (Wildman–Crippen MR) is 71.9 cm³/mol. The van der Waals surface area contributed by atoms with Crippen molar-refractivity contribution in [3.8, 4) is 0 Å². The third-order valence-electron chi connectivity index (χ3n) is 2.46. The van der Waals surface area contributed by atoms with Crippen molar-refractivity contribution in [3.63, 3.8) is 0 Å². The smallest absolute Gasteiger partial charge is 0.290 e. The van der Waals surface area contributed by atoms with E-state index in [9.17, 15) is 0 Å². The zero-order valence-electron chi connectivity index (χ0n) is 11.5. The molecule has 0 aliphatic carbocycles. The lowest BCUT2D eigenvalue weighted by Gasteiger charge is -2.23. The molecule has 0 spiro atoms. The first kappa shape index (κ1) is 18.1. The Morgan fingerprint density at radius 1 is 1.41 bits per heavy atom. The van der Waals surface area contributed by atoms with Gasteiger partial charge >= 0.3 is 0 Å². The quantitative estimate of drug-likeness (QED) is 0.417. The average Bonchev–Trinajstić information content (AvgIpc) is 2.25. The Balaban J connectivity index is 0. The lowest BCUT2D eigenvalue weighted by atomic mass is 9.85. The molecule has 0 saturated heterocycles. The maximum Gasteiger partial charge on any atom is 0.290 e. The minimum atomic E-state index is -0.250.